The molecule has 6 nitrogen and oxygen atoms in total. The van der Waals surface area contributed by atoms with Gasteiger partial charge < -0.3 is 10.8 Å². The number of hydrogen-bond acceptors (Lipinski definition) is 3. The summed E-state index contributed by atoms with van der Waals surface area (Å²) < 4.78 is 0. The third kappa shape index (κ3) is 4.19. The Morgan fingerprint density at radius 1 is 1.35 bits per heavy atom. The minimum absolute atomic E-state index is 0. The molecule has 5 N–H and O–H groups in total. The quantitative estimate of drug-likeness (QED) is 0.582. The normalized spacial score (nSPS) is 9.35. The number of fused-ring (bicyclic) bond motifs is 1. The van der Waals surface area contributed by atoms with Crippen molar-refractivity contribution in [3.8, 4) is 0 Å². The Morgan fingerprint density at radius 2 is 2.05 bits per heavy atom. The Hall–Kier alpha value is -1.63. The van der Waals surface area contributed by atoms with E-state index in [0.29, 0.717) is 17.5 Å². The Balaban J connectivity index is 0.00000180. The molecular formula is C12H17Cl2N5O. The summed E-state index contributed by atoms with van der Waals surface area (Å²) in [6.45, 7) is 4.49. The van der Waals surface area contributed by atoms with Crippen LogP contribution in [0.25, 0.3) is 10.9 Å². The molecule has 0 unspecified atom stereocenters. The van der Waals surface area contributed by atoms with Crippen molar-refractivity contribution in [1.82, 2.24) is 15.3 Å². The summed E-state index contributed by atoms with van der Waals surface area (Å²) in [6.07, 6.45) is 0. The van der Waals surface area contributed by atoms with E-state index < -0.39 is 0 Å². The molecular weight excluding hydrogens is 301 g/mol. The van der Waals surface area contributed by atoms with Crippen molar-refractivity contribution in [3.05, 3.63) is 28.9 Å². The smallest absolute Gasteiger partial charge is 0.230 e. The average Bonchev–Trinajstić information content (AvgIpc) is 2.30. The molecule has 0 aliphatic carbocycles. The first kappa shape index (κ1) is 18.4. The molecule has 2 rings (SSSR count). The minimum atomic E-state index is 0. The average molecular weight is 318 g/mol. The van der Waals surface area contributed by atoms with Crippen molar-refractivity contribution in [2.45, 2.75) is 13.8 Å². The number of benzene rings is 1. The van der Waals surface area contributed by atoms with Crippen molar-refractivity contribution >= 4 is 46.8 Å². The summed E-state index contributed by atoms with van der Waals surface area (Å²) in [5.41, 5.74) is 1.63. The van der Waals surface area contributed by atoms with E-state index in [1.54, 1.807) is 6.07 Å². The lowest BCUT2D eigenvalue weighted by molar-refractivity contribution is 0.824. The molecule has 110 valence electrons. The number of rotatable bonds is 2. The molecule has 0 bridgehead atoms. The third-order valence-electron chi connectivity index (χ3n) is 2.44. The molecule has 0 radical (unpaired) electrons. The van der Waals surface area contributed by atoms with E-state index in [9.17, 15) is 0 Å². The molecule has 20 heavy (non-hydrogen) atoms. The van der Waals surface area contributed by atoms with Gasteiger partial charge in [0.05, 0.1) is 11.2 Å². The third-order valence-corrected chi connectivity index (χ3v) is 2.67. The summed E-state index contributed by atoms with van der Waals surface area (Å²) >= 11 is 5.94. The van der Waals surface area contributed by atoms with Gasteiger partial charge in [-0.15, -0.1) is 12.4 Å². The Bertz CT molecular complexity index is 606. The lowest BCUT2D eigenvalue weighted by Crippen LogP contribution is -2.30. The first-order valence-corrected chi connectivity index (χ1v) is 6.01. The predicted molar refractivity (Wildman–Crippen MR) is 85.2 cm³/mol. The van der Waals surface area contributed by atoms with Gasteiger partial charge in [-0.25, -0.2) is 9.97 Å². The van der Waals surface area contributed by atoms with Crippen molar-refractivity contribution in [2.24, 2.45) is 0 Å². The largest absolute Gasteiger partial charge is 0.412 e. The minimum Gasteiger partial charge on any atom is -0.412 e. The Labute approximate surface area is 128 Å². The number of hydrogen-bond donors (Lipinski definition) is 3. The highest BCUT2D eigenvalue weighted by molar-refractivity contribution is 6.31. The molecule has 0 amide bonds. The van der Waals surface area contributed by atoms with Gasteiger partial charge in [-0.2, -0.15) is 0 Å². The van der Waals surface area contributed by atoms with Crippen molar-refractivity contribution < 1.29 is 5.48 Å². The number of aromatic nitrogens is 2. The van der Waals surface area contributed by atoms with Crippen LogP contribution in [0.4, 0.5) is 5.95 Å². The zero-order valence-electron chi connectivity index (χ0n) is 11.1. The molecule has 0 atom stereocenters. The standard InChI is InChI=1S/C12H14ClN5.ClH.H2O/c1-3-15-11(14)18-12-16-7(2)9-6-8(13)4-5-10(9)17-12;;/h4-6H,3H2,1-2H3,(H3,14,15,16,17,18);1H;1H2. The van der Waals surface area contributed by atoms with Gasteiger partial charge >= 0.3 is 0 Å². The molecule has 1 heterocycles. The van der Waals surface area contributed by atoms with Crippen LogP contribution in [0.15, 0.2) is 18.2 Å². The van der Waals surface area contributed by atoms with Gasteiger partial charge in [0.2, 0.25) is 5.95 Å². The Morgan fingerprint density at radius 3 is 2.70 bits per heavy atom. The molecule has 0 aliphatic rings. The second kappa shape index (κ2) is 7.84. The van der Waals surface area contributed by atoms with E-state index >= 15 is 0 Å². The second-order valence-electron chi connectivity index (χ2n) is 3.82. The molecule has 8 heteroatoms. The van der Waals surface area contributed by atoms with Crippen LogP contribution >= 0.6 is 24.0 Å². The summed E-state index contributed by atoms with van der Waals surface area (Å²) in [4.78, 5) is 8.64. The van der Waals surface area contributed by atoms with Gasteiger partial charge in [-0.05, 0) is 32.0 Å². The fourth-order valence-electron chi connectivity index (χ4n) is 1.64. The van der Waals surface area contributed by atoms with E-state index in [1.165, 1.54) is 0 Å². The molecule has 2 aromatic rings. The summed E-state index contributed by atoms with van der Waals surface area (Å²) in [6, 6.07) is 5.47. The number of nitrogens with zero attached hydrogens (tertiary/aromatic N) is 2. The molecule has 0 aliphatic heterocycles. The monoisotopic (exact) mass is 317 g/mol. The zero-order chi connectivity index (χ0) is 13.1. The van der Waals surface area contributed by atoms with Crippen LogP contribution in [0, 0.1) is 12.3 Å². The van der Waals surface area contributed by atoms with Crippen molar-refractivity contribution in [2.75, 3.05) is 11.9 Å². The van der Waals surface area contributed by atoms with Gasteiger partial charge in [-0.1, -0.05) is 11.6 Å². The summed E-state index contributed by atoms with van der Waals surface area (Å²) in [5, 5.41) is 14.8. The molecule has 1 aromatic carbocycles. The van der Waals surface area contributed by atoms with Crippen LogP contribution in [0.3, 0.4) is 0 Å². The highest BCUT2D eigenvalue weighted by atomic mass is 35.5. The molecule has 0 fully saturated rings. The van der Waals surface area contributed by atoms with Gasteiger partial charge in [0.1, 0.15) is 0 Å². The molecule has 0 saturated heterocycles. The highest BCUT2D eigenvalue weighted by Gasteiger charge is 2.06. The number of anilines is 1. The van der Waals surface area contributed by atoms with Crippen molar-refractivity contribution in [3.63, 3.8) is 0 Å². The lowest BCUT2D eigenvalue weighted by Gasteiger charge is -2.09. The van der Waals surface area contributed by atoms with Crippen LogP contribution in [0.1, 0.15) is 12.6 Å². The van der Waals surface area contributed by atoms with E-state index in [0.717, 1.165) is 16.6 Å². The van der Waals surface area contributed by atoms with Gasteiger partial charge in [0, 0.05) is 17.0 Å². The zero-order valence-corrected chi connectivity index (χ0v) is 12.7. The second-order valence-corrected chi connectivity index (χ2v) is 4.26. The number of nitrogens with one attached hydrogen (secondary N) is 3. The van der Waals surface area contributed by atoms with Crippen LogP contribution in [-0.2, 0) is 0 Å². The first-order valence-electron chi connectivity index (χ1n) is 5.63. The summed E-state index contributed by atoms with van der Waals surface area (Å²) in [7, 11) is 0. The fourth-order valence-corrected chi connectivity index (χ4v) is 1.81. The SMILES string of the molecule is CCNC(=N)Nc1nc(C)c2cc(Cl)ccc2n1.Cl.O. The summed E-state index contributed by atoms with van der Waals surface area (Å²) in [5.74, 6) is 0.596. The maximum atomic E-state index is 7.62. The van der Waals surface area contributed by atoms with Crippen molar-refractivity contribution in [1.29, 1.82) is 5.41 Å². The van der Waals surface area contributed by atoms with E-state index in [4.69, 9.17) is 17.0 Å². The van der Waals surface area contributed by atoms with E-state index in [-0.39, 0.29) is 23.8 Å². The van der Waals surface area contributed by atoms with Crippen LogP contribution in [0.2, 0.25) is 5.02 Å². The molecule has 0 saturated carbocycles. The fraction of sp³-hybridized carbons (Fsp3) is 0.250. The van der Waals surface area contributed by atoms with Crippen LogP contribution in [0.5, 0.6) is 0 Å². The predicted octanol–water partition coefficient (Wildman–Crippen LogP) is 2.14. The van der Waals surface area contributed by atoms with Gasteiger partial charge in [0.25, 0.3) is 0 Å². The van der Waals surface area contributed by atoms with E-state index in [1.807, 2.05) is 26.0 Å². The number of guanidine groups is 1. The molecule has 1 aromatic heterocycles. The van der Waals surface area contributed by atoms with Crippen LogP contribution < -0.4 is 10.6 Å². The highest BCUT2D eigenvalue weighted by Crippen LogP contribution is 2.21. The number of aryl methyl sites for hydroxylation is 1. The Kier molecular flexibility index (Phi) is 7.20. The number of halogens is 2. The van der Waals surface area contributed by atoms with E-state index in [2.05, 4.69) is 20.6 Å². The maximum Gasteiger partial charge on any atom is 0.230 e. The maximum absolute atomic E-state index is 7.62. The van der Waals surface area contributed by atoms with Crippen LogP contribution in [-0.4, -0.2) is 27.9 Å². The molecule has 0 spiro atoms. The topological polar surface area (TPSA) is 105 Å². The first-order chi connectivity index (χ1) is 8.60. The van der Waals surface area contributed by atoms with Gasteiger partial charge in [-0.3, -0.25) is 10.7 Å². The van der Waals surface area contributed by atoms with Gasteiger partial charge in [0.15, 0.2) is 5.96 Å². The lowest BCUT2D eigenvalue weighted by atomic mass is 10.2.